The van der Waals surface area contributed by atoms with Crippen LogP contribution in [0.15, 0.2) is 29.2 Å². The fourth-order valence-corrected chi connectivity index (χ4v) is 0.858. The van der Waals surface area contributed by atoms with E-state index >= 15 is 0 Å². The standard InChI is InChI=1S/C7H6O2S.Na/c8-7(9)5-2-1-3-6(10)4-5;/h1-4,10H,(H,8,9);/q;+1/p-1. The van der Waals surface area contributed by atoms with E-state index in [-0.39, 0.29) is 35.1 Å². The summed E-state index contributed by atoms with van der Waals surface area (Å²) in [6.45, 7) is 0. The van der Waals surface area contributed by atoms with E-state index in [1.165, 1.54) is 12.1 Å². The summed E-state index contributed by atoms with van der Waals surface area (Å²) < 4.78 is 0. The van der Waals surface area contributed by atoms with Crippen molar-refractivity contribution in [3.8, 4) is 0 Å². The number of carbonyl (C=O) groups excluding carboxylic acids is 1. The minimum Gasteiger partial charge on any atom is -0.545 e. The van der Waals surface area contributed by atoms with Crippen molar-refractivity contribution in [1.82, 2.24) is 0 Å². The van der Waals surface area contributed by atoms with Crippen molar-refractivity contribution in [3.05, 3.63) is 29.8 Å². The molecule has 0 unspecified atom stereocenters. The zero-order valence-corrected chi connectivity index (χ0v) is 8.97. The van der Waals surface area contributed by atoms with E-state index in [1.54, 1.807) is 12.1 Å². The average Bonchev–Trinajstić information content (AvgIpc) is 1.88. The van der Waals surface area contributed by atoms with Gasteiger partial charge >= 0.3 is 29.6 Å². The van der Waals surface area contributed by atoms with Gasteiger partial charge < -0.3 is 9.90 Å². The fraction of sp³-hybridized carbons (Fsp3) is 0. The van der Waals surface area contributed by atoms with Crippen molar-refractivity contribution >= 4 is 18.6 Å². The van der Waals surface area contributed by atoms with Crippen molar-refractivity contribution in [2.24, 2.45) is 0 Å². The number of carboxylic acids is 1. The monoisotopic (exact) mass is 176 g/mol. The molecule has 1 aromatic carbocycles. The molecule has 0 aromatic heterocycles. The van der Waals surface area contributed by atoms with Crippen LogP contribution in [-0.2, 0) is 0 Å². The van der Waals surface area contributed by atoms with Crippen LogP contribution in [-0.4, -0.2) is 5.97 Å². The summed E-state index contributed by atoms with van der Waals surface area (Å²) in [6, 6.07) is 6.23. The summed E-state index contributed by atoms with van der Waals surface area (Å²) in [4.78, 5) is 10.8. The molecule has 2 nitrogen and oxygen atoms in total. The second-order valence-electron chi connectivity index (χ2n) is 1.84. The van der Waals surface area contributed by atoms with E-state index in [1.807, 2.05) is 0 Å². The van der Waals surface area contributed by atoms with Crippen LogP contribution in [0.3, 0.4) is 0 Å². The number of thiol groups is 1. The SMILES string of the molecule is O=C([O-])c1cccc(S)c1.[Na+]. The third kappa shape index (κ3) is 3.29. The molecule has 52 valence electrons. The molecule has 0 aliphatic rings. The number of aromatic carboxylic acids is 1. The smallest absolute Gasteiger partial charge is 0.545 e. The molecule has 0 fully saturated rings. The second kappa shape index (κ2) is 4.83. The molecule has 0 atom stereocenters. The van der Waals surface area contributed by atoms with Crippen molar-refractivity contribution in [2.45, 2.75) is 4.90 Å². The molecule has 0 amide bonds. The molecule has 11 heavy (non-hydrogen) atoms. The summed E-state index contributed by atoms with van der Waals surface area (Å²) in [6.07, 6.45) is 0. The quantitative estimate of drug-likeness (QED) is 0.375. The number of carboxylic acid groups (broad SMARTS) is 1. The molecule has 1 rings (SSSR count). The van der Waals surface area contributed by atoms with Crippen LogP contribution in [0.5, 0.6) is 0 Å². The summed E-state index contributed by atoms with van der Waals surface area (Å²) in [5.74, 6) is -1.17. The van der Waals surface area contributed by atoms with Gasteiger partial charge in [-0.1, -0.05) is 12.1 Å². The van der Waals surface area contributed by atoms with E-state index in [4.69, 9.17) is 0 Å². The van der Waals surface area contributed by atoms with Crippen LogP contribution >= 0.6 is 12.6 Å². The molecule has 0 heterocycles. The van der Waals surface area contributed by atoms with Gasteiger partial charge in [-0.05, 0) is 17.7 Å². The van der Waals surface area contributed by atoms with Gasteiger partial charge in [0.2, 0.25) is 0 Å². The van der Waals surface area contributed by atoms with Crippen LogP contribution in [0, 0.1) is 0 Å². The number of carbonyl (C=O) groups is 1. The van der Waals surface area contributed by atoms with E-state index in [9.17, 15) is 9.90 Å². The van der Waals surface area contributed by atoms with Gasteiger partial charge in [0.25, 0.3) is 0 Å². The Bertz CT molecular complexity index is 262. The Morgan fingerprint density at radius 3 is 2.45 bits per heavy atom. The molecule has 1 aromatic rings. The van der Waals surface area contributed by atoms with E-state index in [2.05, 4.69) is 12.6 Å². The topological polar surface area (TPSA) is 40.1 Å². The third-order valence-electron chi connectivity index (χ3n) is 1.08. The van der Waals surface area contributed by atoms with Crippen LogP contribution in [0.1, 0.15) is 10.4 Å². The number of benzene rings is 1. The van der Waals surface area contributed by atoms with Gasteiger partial charge in [-0.25, -0.2) is 0 Å². The number of hydrogen-bond acceptors (Lipinski definition) is 3. The van der Waals surface area contributed by atoms with Gasteiger partial charge in [-0.3, -0.25) is 0 Å². The first-order valence-corrected chi connectivity index (χ1v) is 3.15. The minimum absolute atomic E-state index is 0. The molecular formula is C7H5NaO2S. The predicted molar refractivity (Wildman–Crippen MR) is 38.0 cm³/mol. The Hall–Kier alpha value is 0.0400. The fourth-order valence-electron chi connectivity index (χ4n) is 0.633. The summed E-state index contributed by atoms with van der Waals surface area (Å²) >= 11 is 3.96. The zero-order chi connectivity index (χ0) is 7.56. The molecule has 0 spiro atoms. The molecule has 0 radical (unpaired) electrons. The molecule has 0 aliphatic carbocycles. The van der Waals surface area contributed by atoms with Crippen LogP contribution in [0.4, 0.5) is 0 Å². The van der Waals surface area contributed by atoms with Crippen molar-refractivity contribution in [1.29, 1.82) is 0 Å². The van der Waals surface area contributed by atoms with Crippen LogP contribution in [0.25, 0.3) is 0 Å². The first kappa shape index (κ1) is 11.0. The summed E-state index contributed by atoms with van der Waals surface area (Å²) in [7, 11) is 0. The van der Waals surface area contributed by atoms with Crippen molar-refractivity contribution in [3.63, 3.8) is 0 Å². The maximum absolute atomic E-state index is 10.2. The first-order chi connectivity index (χ1) is 4.70. The normalized spacial score (nSPS) is 8.45. The molecule has 0 saturated carbocycles. The van der Waals surface area contributed by atoms with Gasteiger partial charge in [0.1, 0.15) is 0 Å². The van der Waals surface area contributed by atoms with Crippen LogP contribution in [0.2, 0.25) is 0 Å². The predicted octanol–water partition coefficient (Wildman–Crippen LogP) is -2.66. The summed E-state index contributed by atoms with van der Waals surface area (Å²) in [5, 5.41) is 10.2. The molecule has 4 heteroatoms. The average molecular weight is 176 g/mol. The molecule has 0 N–H and O–H groups in total. The molecular weight excluding hydrogens is 171 g/mol. The Morgan fingerprint density at radius 2 is 2.09 bits per heavy atom. The van der Waals surface area contributed by atoms with Gasteiger partial charge in [0.05, 0.1) is 5.97 Å². The third-order valence-corrected chi connectivity index (χ3v) is 1.36. The molecule has 0 bridgehead atoms. The zero-order valence-electron chi connectivity index (χ0n) is 6.07. The second-order valence-corrected chi connectivity index (χ2v) is 2.35. The largest absolute Gasteiger partial charge is 1.00 e. The van der Waals surface area contributed by atoms with Crippen LogP contribution < -0.4 is 34.7 Å². The van der Waals surface area contributed by atoms with Gasteiger partial charge in [-0.15, -0.1) is 12.6 Å². The van der Waals surface area contributed by atoms with E-state index in [0.717, 1.165) is 0 Å². The Morgan fingerprint density at radius 1 is 1.45 bits per heavy atom. The Balaban J connectivity index is 0.000001000. The van der Waals surface area contributed by atoms with Gasteiger partial charge in [0, 0.05) is 4.90 Å². The summed E-state index contributed by atoms with van der Waals surface area (Å²) in [5.41, 5.74) is 0.160. The van der Waals surface area contributed by atoms with E-state index in [0.29, 0.717) is 4.90 Å². The first-order valence-electron chi connectivity index (χ1n) is 2.70. The minimum atomic E-state index is -1.17. The van der Waals surface area contributed by atoms with Crippen molar-refractivity contribution in [2.75, 3.05) is 0 Å². The van der Waals surface area contributed by atoms with Crippen molar-refractivity contribution < 1.29 is 39.5 Å². The number of hydrogen-bond donors (Lipinski definition) is 1. The maximum Gasteiger partial charge on any atom is 1.00 e. The van der Waals surface area contributed by atoms with Gasteiger partial charge in [0.15, 0.2) is 0 Å². The molecule has 0 saturated heterocycles. The Kier molecular flexibility index (Phi) is 4.84. The molecule has 0 aliphatic heterocycles. The van der Waals surface area contributed by atoms with E-state index < -0.39 is 5.97 Å². The number of rotatable bonds is 1. The maximum atomic E-state index is 10.2. The Labute approximate surface area is 92.3 Å². The van der Waals surface area contributed by atoms with Gasteiger partial charge in [-0.2, -0.15) is 0 Å².